The van der Waals surface area contributed by atoms with Gasteiger partial charge in [-0.2, -0.15) is 0 Å². The molecule has 1 aliphatic heterocycles. The van der Waals surface area contributed by atoms with Crippen LogP contribution in [0, 0.1) is 12.7 Å². The van der Waals surface area contributed by atoms with Gasteiger partial charge in [-0.3, -0.25) is 9.10 Å². The van der Waals surface area contributed by atoms with Crippen molar-refractivity contribution in [2.24, 2.45) is 0 Å². The molecule has 1 N–H and O–H groups in total. The van der Waals surface area contributed by atoms with Gasteiger partial charge >= 0.3 is 0 Å². The maximum atomic E-state index is 13.6. The normalized spacial score (nSPS) is 16.4. The molecule has 3 aromatic rings. The Kier molecular flexibility index (Phi) is 6.95. The van der Waals surface area contributed by atoms with E-state index in [4.69, 9.17) is 9.47 Å². The van der Waals surface area contributed by atoms with Crippen molar-refractivity contribution in [3.05, 3.63) is 83.7 Å². The fourth-order valence-electron chi connectivity index (χ4n) is 4.27. The molecule has 0 saturated heterocycles. The number of rotatable bonds is 7. The Labute approximate surface area is 210 Å². The Morgan fingerprint density at radius 2 is 1.78 bits per heavy atom. The van der Waals surface area contributed by atoms with Crippen LogP contribution in [0.2, 0.25) is 0 Å². The molecule has 0 fully saturated rings. The van der Waals surface area contributed by atoms with Crippen LogP contribution in [-0.4, -0.2) is 33.6 Å². The molecule has 1 heterocycles. The molecule has 190 valence electrons. The fraction of sp³-hybridized carbons (Fsp3) is 0.296. The van der Waals surface area contributed by atoms with E-state index in [0.29, 0.717) is 17.9 Å². The van der Waals surface area contributed by atoms with E-state index in [1.165, 1.54) is 43.5 Å². The standard InChI is InChI=1S/C27H29FN2O5S/c1-18-5-14-25-23(15-18)24(16-27(2,3)35-25)29-26(31)17-30(20-8-6-19(28)7-9-20)36(32,33)22-12-10-21(34-4)11-13-22/h5-15,24H,16-17H2,1-4H3,(H,29,31). The maximum absolute atomic E-state index is 13.6. The second-order valence-corrected chi connectivity index (χ2v) is 11.3. The lowest BCUT2D eigenvalue weighted by molar-refractivity contribution is -0.120. The van der Waals surface area contributed by atoms with Crippen molar-refractivity contribution in [3.63, 3.8) is 0 Å². The Morgan fingerprint density at radius 3 is 2.42 bits per heavy atom. The van der Waals surface area contributed by atoms with Crippen molar-refractivity contribution < 1.29 is 27.1 Å². The van der Waals surface area contributed by atoms with Crippen molar-refractivity contribution in [2.45, 2.75) is 43.7 Å². The molecule has 0 saturated carbocycles. The first-order valence-electron chi connectivity index (χ1n) is 11.5. The molecule has 1 aliphatic rings. The second-order valence-electron chi connectivity index (χ2n) is 9.39. The van der Waals surface area contributed by atoms with Gasteiger partial charge in [-0.05, 0) is 75.4 Å². The highest BCUT2D eigenvalue weighted by Gasteiger charge is 2.35. The van der Waals surface area contributed by atoms with E-state index in [-0.39, 0.29) is 16.6 Å². The SMILES string of the molecule is COc1ccc(S(=O)(=O)N(CC(=O)NC2CC(C)(C)Oc3ccc(C)cc32)c2ccc(F)cc2)cc1. The number of carbonyl (C=O) groups is 1. The maximum Gasteiger partial charge on any atom is 0.264 e. The largest absolute Gasteiger partial charge is 0.497 e. The van der Waals surface area contributed by atoms with Crippen LogP contribution in [-0.2, 0) is 14.8 Å². The van der Waals surface area contributed by atoms with Gasteiger partial charge in [0.15, 0.2) is 0 Å². The molecule has 0 radical (unpaired) electrons. The van der Waals surface area contributed by atoms with E-state index in [1.54, 1.807) is 0 Å². The summed E-state index contributed by atoms with van der Waals surface area (Å²) in [6.07, 6.45) is 0.511. The molecule has 0 spiro atoms. The molecule has 4 rings (SSSR count). The Balaban J connectivity index is 1.65. The smallest absolute Gasteiger partial charge is 0.264 e. The number of halogens is 1. The van der Waals surface area contributed by atoms with E-state index in [2.05, 4.69) is 5.32 Å². The molecule has 3 aromatic carbocycles. The Bertz CT molecular complexity index is 1360. The number of methoxy groups -OCH3 is 1. The first-order chi connectivity index (χ1) is 17.0. The van der Waals surface area contributed by atoms with Crippen LogP contribution in [0.25, 0.3) is 0 Å². The summed E-state index contributed by atoms with van der Waals surface area (Å²) in [4.78, 5) is 13.3. The lowest BCUT2D eigenvalue weighted by atomic mass is 9.89. The van der Waals surface area contributed by atoms with Crippen LogP contribution in [0.5, 0.6) is 11.5 Å². The van der Waals surface area contributed by atoms with Crippen LogP contribution in [0.15, 0.2) is 71.6 Å². The number of carbonyl (C=O) groups excluding carboxylic acids is 1. The van der Waals surface area contributed by atoms with Gasteiger partial charge in [-0.15, -0.1) is 0 Å². The minimum atomic E-state index is -4.15. The monoisotopic (exact) mass is 512 g/mol. The molecule has 0 aliphatic carbocycles. The molecular weight excluding hydrogens is 483 g/mol. The van der Waals surface area contributed by atoms with Crippen molar-refractivity contribution in [1.82, 2.24) is 5.32 Å². The summed E-state index contributed by atoms with van der Waals surface area (Å²) in [6, 6.07) is 16.3. The molecule has 36 heavy (non-hydrogen) atoms. The van der Waals surface area contributed by atoms with Crippen LogP contribution < -0.4 is 19.1 Å². The topological polar surface area (TPSA) is 84.9 Å². The lowest BCUT2D eigenvalue weighted by Gasteiger charge is -2.38. The zero-order valence-electron chi connectivity index (χ0n) is 20.6. The van der Waals surface area contributed by atoms with Gasteiger partial charge in [0.1, 0.15) is 29.5 Å². The number of hydrogen-bond donors (Lipinski definition) is 1. The van der Waals surface area contributed by atoms with Crippen LogP contribution in [0.3, 0.4) is 0 Å². The summed E-state index contributed by atoms with van der Waals surface area (Å²) in [5.74, 6) is 0.174. The highest BCUT2D eigenvalue weighted by atomic mass is 32.2. The Morgan fingerprint density at radius 1 is 1.11 bits per heavy atom. The minimum Gasteiger partial charge on any atom is -0.497 e. The van der Waals surface area contributed by atoms with Crippen molar-refractivity contribution in [3.8, 4) is 11.5 Å². The number of sulfonamides is 1. The number of ether oxygens (including phenoxy) is 2. The second kappa shape index (κ2) is 9.81. The molecule has 7 nitrogen and oxygen atoms in total. The molecule has 0 aromatic heterocycles. The van der Waals surface area contributed by atoms with Crippen LogP contribution in [0.1, 0.15) is 37.4 Å². The van der Waals surface area contributed by atoms with Crippen molar-refractivity contribution >= 4 is 21.6 Å². The zero-order chi connectivity index (χ0) is 26.1. The third-order valence-corrected chi connectivity index (χ3v) is 7.80. The van der Waals surface area contributed by atoms with Gasteiger partial charge in [0.25, 0.3) is 10.0 Å². The summed E-state index contributed by atoms with van der Waals surface area (Å²) in [6.45, 7) is 5.34. The average molecular weight is 513 g/mol. The van der Waals surface area contributed by atoms with Gasteiger partial charge in [-0.1, -0.05) is 17.7 Å². The van der Waals surface area contributed by atoms with Gasteiger partial charge in [-0.25, -0.2) is 12.8 Å². The van der Waals surface area contributed by atoms with Gasteiger partial charge in [0, 0.05) is 12.0 Å². The zero-order valence-corrected chi connectivity index (χ0v) is 21.4. The number of aryl methyl sites for hydroxylation is 1. The van der Waals surface area contributed by atoms with Crippen LogP contribution >= 0.6 is 0 Å². The third kappa shape index (κ3) is 5.46. The van der Waals surface area contributed by atoms with E-state index >= 15 is 0 Å². The summed E-state index contributed by atoms with van der Waals surface area (Å²) < 4.78 is 52.9. The molecule has 9 heteroatoms. The number of hydrogen-bond acceptors (Lipinski definition) is 5. The summed E-state index contributed by atoms with van der Waals surface area (Å²) in [5, 5.41) is 2.99. The molecule has 1 amide bonds. The number of amides is 1. The van der Waals surface area contributed by atoms with Crippen molar-refractivity contribution in [1.29, 1.82) is 0 Å². The number of benzene rings is 3. The lowest BCUT2D eigenvalue weighted by Crippen LogP contribution is -2.45. The molecule has 1 atom stereocenters. The summed E-state index contributed by atoms with van der Waals surface area (Å²) >= 11 is 0. The van der Waals surface area contributed by atoms with Crippen molar-refractivity contribution in [2.75, 3.05) is 18.0 Å². The number of fused-ring (bicyclic) bond motifs is 1. The fourth-order valence-corrected chi connectivity index (χ4v) is 5.69. The number of nitrogens with zero attached hydrogens (tertiary/aromatic N) is 1. The minimum absolute atomic E-state index is 0.0198. The predicted molar refractivity (Wildman–Crippen MR) is 135 cm³/mol. The van der Waals surface area contributed by atoms with Gasteiger partial charge in [0.05, 0.1) is 23.7 Å². The summed E-state index contributed by atoms with van der Waals surface area (Å²) in [7, 11) is -2.67. The number of anilines is 1. The van der Waals surface area contributed by atoms with E-state index in [9.17, 15) is 17.6 Å². The van der Waals surface area contributed by atoms with Gasteiger partial charge in [0.2, 0.25) is 5.91 Å². The van der Waals surface area contributed by atoms with E-state index in [0.717, 1.165) is 27.6 Å². The quantitative estimate of drug-likeness (QED) is 0.494. The van der Waals surface area contributed by atoms with E-state index in [1.807, 2.05) is 39.0 Å². The highest BCUT2D eigenvalue weighted by Crippen LogP contribution is 2.40. The first kappa shape index (κ1) is 25.5. The Hall–Kier alpha value is -3.59. The van der Waals surface area contributed by atoms with Gasteiger partial charge < -0.3 is 14.8 Å². The summed E-state index contributed by atoms with van der Waals surface area (Å²) in [5.41, 5.74) is 1.51. The average Bonchev–Trinajstić information content (AvgIpc) is 2.83. The highest BCUT2D eigenvalue weighted by molar-refractivity contribution is 7.92. The molecular formula is C27H29FN2O5S. The first-order valence-corrected chi connectivity index (χ1v) is 12.9. The number of nitrogens with one attached hydrogen (secondary N) is 1. The molecule has 1 unspecified atom stereocenters. The van der Waals surface area contributed by atoms with E-state index < -0.39 is 33.9 Å². The van der Waals surface area contributed by atoms with Crippen LogP contribution in [0.4, 0.5) is 10.1 Å². The molecule has 0 bridgehead atoms. The third-order valence-electron chi connectivity index (χ3n) is 6.01. The predicted octanol–water partition coefficient (Wildman–Crippen LogP) is 4.76.